The lowest BCUT2D eigenvalue weighted by molar-refractivity contribution is 0.593. The van der Waals surface area contributed by atoms with Gasteiger partial charge in [-0.2, -0.15) is 0 Å². The third kappa shape index (κ3) is 4.22. The number of hydrogen-bond donors (Lipinski definition) is 2. The molecule has 1 fully saturated rings. The second kappa shape index (κ2) is 5.54. The highest BCUT2D eigenvalue weighted by Gasteiger charge is 2.21. The number of rotatable bonds is 6. The Labute approximate surface area is 114 Å². The van der Waals surface area contributed by atoms with Crippen molar-refractivity contribution in [3.8, 4) is 0 Å². The van der Waals surface area contributed by atoms with Crippen molar-refractivity contribution in [2.45, 2.75) is 18.9 Å². The van der Waals surface area contributed by atoms with Crippen LogP contribution < -0.4 is 10.0 Å². The van der Waals surface area contributed by atoms with Gasteiger partial charge in [-0.3, -0.25) is 4.72 Å². The number of benzene rings is 1. The zero-order valence-electron chi connectivity index (χ0n) is 9.62. The minimum absolute atomic E-state index is 0.0317. The topological polar surface area (TPSA) is 58.2 Å². The van der Waals surface area contributed by atoms with Crippen molar-refractivity contribution in [3.63, 3.8) is 0 Å². The van der Waals surface area contributed by atoms with Crippen LogP contribution in [-0.2, 0) is 10.0 Å². The molecule has 1 aliphatic carbocycles. The smallest absolute Gasteiger partial charge is 0.234 e. The molecule has 2 N–H and O–H groups in total. The van der Waals surface area contributed by atoms with Gasteiger partial charge >= 0.3 is 0 Å². The fourth-order valence-corrected chi connectivity index (χ4v) is 2.82. The first-order valence-electron chi connectivity index (χ1n) is 5.65. The molecule has 0 radical (unpaired) electrons. The second-order valence-corrected chi connectivity index (χ2v) is 7.03. The van der Waals surface area contributed by atoms with Crippen molar-refractivity contribution in [2.24, 2.45) is 0 Å². The number of halogens is 2. The predicted molar refractivity (Wildman–Crippen MR) is 72.5 cm³/mol. The normalized spacial score (nSPS) is 15.7. The second-order valence-electron chi connectivity index (χ2n) is 4.27. The van der Waals surface area contributed by atoms with Gasteiger partial charge in [-0.05, 0) is 31.0 Å². The molecule has 1 aromatic rings. The largest absolute Gasteiger partial charge is 0.313 e. The number of sulfonamides is 1. The summed E-state index contributed by atoms with van der Waals surface area (Å²) in [4.78, 5) is 0. The SMILES string of the molecule is O=S(=O)(CCNC1CC1)Nc1cc(Br)ccc1F. The summed E-state index contributed by atoms with van der Waals surface area (Å²) in [6.07, 6.45) is 2.21. The van der Waals surface area contributed by atoms with E-state index in [1.165, 1.54) is 18.2 Å². The van der Waals surface area contributed by atoms with E-state index in [0.717, 1.165) is 12.8 Å². The number of nitrogens with one attached hydrogen (secondary N) is 2. The molecular weight excluding hydrogens is 323 g/mol. The fraction of sp³-hybridized carbons (Fsp3) is 0.455. The van der Waals surface area contributed by atoms with Gasteiger partial charge in [0.2, 0.25) is 10.0 Å². The van der Waals surface area contributed by atoms with E-state index in [0.29, 0.717) is 17.1 Å². The Morgan fingerprint density at radius 3 is 2.78 bits per heavy atom. The van der Waals surface area contributed by atoms with Crippen LogP contribution in [0.25, 0.3) is 0 Å². The summed E-state index contributed by atoms with van der Waals surface area (Å²) in [5.74, 6) is -0.646. The summed E-state index contributed by atoms with van der Waals surface area (Å²) in [5.41, 5.74) is -0.0317. The standard InChI is InChI=1S/C11H14BrFN2O2S/c12-8-1-4-10(13)11(7-8)15-18(16,17)6-5-14-9-2-3-9/h1,4,7,9,14-15H,2-3,5-6H2. The van der Waals surface area contributed by atoms with Gasteiger partial charge in [-0.1, -0.05) is 15.9 Å². The van der Waals surface area contributed by atoms with Crippen molar-refractivity contribution < 1.29 is 12.8 Å². The first-order valence-corrected chi connectivity index (χ1v) is 8.10. The maximum absolute atomic E-state index is 13.4. The molecular formula is C11H14BrFN2O2S. The minimum Gasteiger partial charge on any atom is -0.313 e. The molecule has 0 saturated heterocycles. The monoisotopic (exact) mass is 336 g/mol. The quantitative estimate of drug-likeness (QED) is 0.836. The van der Waals surface area contributed by atoms with E-state index in [1.807, 2.05) is 0 Å². The third-order valence-corrected chi connectivity index (χ3v) is 4.34. The van der Waals surface area contributed by atoms with Gasteiger partial charge in [0.25, 0.3) is 0 Å². The molecule has 0 atom stereocenters. The molecule has 100 valence electrons. The van der Waals surface area contributed by atoms with Crippen molar-refractivity contribution in [1.82, 2.24) is 5.32 Å². The summed E-state index contributed by atoms with van der Waals surface area (Å²) >= 11 is 3.17. The van der Waals surface area contributed by atoms with E-state index in [1.54, 1.807) is 0 Å². The number of hydrogen-bond acceptors (Lipinski definition) is 3. The Morgan fingerprint density at radius 1 is 1.39 bits per heavy atom. The van der Waals surface area contributed by atoms with E-state index in [2.05, 4.69) is 26.0 Å². The molecule has 0 aromatic heterocycles. The van der Waals surface area contributed by atoms with Gasteiger partial charge in [0.05, 0.1) is 11.4 Å². The summed E-state index contributed by atoms with van der Waals surface area (Å²) in [7, 11) is -3.52. The molecule has 1 aliphatic rings. The fourth-order valence-electron chi connectivity index (χ4n) is 1.48. The summed E-state index contributed by atoms with van der Waals surface area (Å²) in [5, 5.41) is 3.10. The van der Waals surface area contributed by atoms with Gasteiger partial charge in [-0.25, -0.2) is 12.8 Å². The van der Waals surface area contributed by atoms with Gasteiger partial charge in [0.1, 0.15) is 5.82 Å². The molecule has 0 amide bonds. The maximum atomic E-state index is 13.4. The van der Waals surface area contributed by atoms with Crippen LogP contribution in [0.1, 0.15) is 12.8 Å². The average Bonchev–Trinajstić information content (AvgIpc) is 3.07. The molecule has 0 spiro atoms. The van der Waals surface area contributed by atoms with Gasteiger partial charge < -0.3 is 5.32 Å². The molecule has 1 aromatic carbocycles. The molecule has 0 aliphatic heterocycles. The van der Waals surface area contributed by atoms with Gasteiger partial charge in [0.15, 0.2) is 0 Å². The highest BCUT2D eigenvalue weighted by molar-refractivity contribution is 9.10. The van der Waals surface area contributed by atoms with Gasteiger partial charge in [-0.15, -0.1) is 0 Å². The lowest BCUT2D eigenvalue weighted by Crippen LogP contribution is -2.28. The lowest BCUT2D eigenvalue weighted by Gasteiger charge is -2.09. The Hall–Kier alpha value is -0.660. The van der Waals surface area contributed by atoms with Crippen LogP contribution in [0.15, 0.2) is 22.7 Å². The van der Waals surface area contributed by atoms with Gasteiger partial charge in [0, 0.05) is 17.1 Å². The maximum Gasteiger partial charge on any atom is 0.234 e. The van der Waals surface area contributed by atoms with Crippen LogP contribution in [0.3, 0.4) is 0 Å². The van der Waals surface area contributed by atoms with E-state index in [9.17, 15) is 12.8 Å². The minimum atomic E-state index is -3.52. The van der Waals surface area contributed by atoms with E-state index < -0.39 is 15.8 Å². The molecule has 0 heterocycles. The zero-order valence-corrected chi connectivity index (χ0v) is 12.0. The summed E-state index contributed by atoms with van der Waals surface area (Å²) in [6, 6.07) is 4.59. The summed E-state index contributed by atoms with van der Waals surface area (Å²) in [6.45, 7) is 0.385. The first kappa shape index (κ1) is 13.8. The Kier molecular flexibility index (Phi) is 4.24. The van der Waals surface area contributed by atoms with Crippen LogP contribution >= 0.6 is 15.9 Å². The third-order valence-electron chi connectivity index (χ3n) is 2.58. The van der Waals surface area contributed by atoms with Crippen molar-refractivity contribution in [1.29, 1.82) is 0 Å². The van der Waals surface area contributed by atoms with Crippen LogP contribution in [0.5, 0.6) is 0 Å². The molecule has 18 heavy (non-hydrogen) atoms. The average molecular weight is 337 g/mol. The highest BCUT2D eigenvalue weighted by atomic mass is 79.9. The molecule has 0 bridgehead atoms. The Bertz CT molecular complexity index is 532. The lowest BCUT2D eigenvalue weighted by atomic mass is 10.3. The number of anilines is 1. The Balaban J connectivity index is 1.95. The molecule has 7 heteroatoms. The molecule has 0 unspecified atom stereocenters. The van der Waals surface area contributed by atoms with Crippen LogP contribution in [0.2, 0.25) is 0 Å². The molecule has 1 saturated carbocycles. The van der Waals surface area contributed by atoms with E-state index in [4.69, 9.17) is 0 Å². The zero-order chi connectivity index (χ0) is 13.2. The first-order chi connectivity index (χ1) is 8.46. The van der Waals surface area contributed by atoms with Crippen molar-refractivity contribution in [3.05, 3.63) is 28.5 Å². The molecule has 4 nitrogen and oxygen atoms in total. The van der Waals surface area contributed by atoms with Crippen molar-refractivity contribution in [2.75, 3.05) is 17.0 Å². The van der Waals surface area contributed by atoms with Crippen molar-refractivity contribution >= 4 is 31.6 Å². The molecule has 2 rings (SSSR count). The van der Waals surface area contributed by atoms with Crippen LogP contribution in [0, 0.1) is 5.82 Å². The highest BCUT2D eigenvalue weighted by Crippen LogP contribution is 2.21. The Morgan fingerprint density at radius 2 is 2.11 bits per heavy atom. The van der Waals surface area contributed by atoms with E-state index >= 15 is 0 Å². The van der Waals surface area contributed by atoms with Crippen LogP contribution in [-0.4, -0.2) is 26.8 Å². The summed E-state index contributed by atoms with van der Waals surface area (Å²) < 4.78 is 39.7. The predicted octanol–water partition coefficient (Wildman–Crippen LogP) is 2.08. The van der Waals surface area contributed by atoms with Crippen LogP contribution in [0.4, 0.5) is 10.1 Å². The van der Waals surface area contributed by atoms with E-state index in [-0.39, 0.29) is 11.4 Å².